The van der Waals surface area contributed by atoms with Gasteiger partial charge >= 0.3 is 0 Å². The molecule has 0 bridgehead atoms. The molecule has 2 N–H and O–H groups in total. The summed E-state index contributed by atoms with van der Waals surface area (Å²) < 4.78 is 37.1. The highest BCUT2D eigenvalue weighted by atomic mass is 32.2. The standard InChI is InChI=1S/C31H43N3O7S/c1-23(2)21-28(30(35)32-34(42(4,37)38)22-25-16-18-26(39-3)19-17-25)27(14-10-13-24-11-6-5-7-12-24)31(36)33-41-29-15-8-9-20-40-29/h5-7,10-13,16-19,23,27-29H,8-9,14-15,20-22H2,1-4H3,(H,32,35)(H,33,36)/t27-,28?,29+/m1/s1. The number of sulfonamides is 1. The molecule has 1 fully saturated rings. The number of rotatable bonds is 15. The Balaban J connectivity index is 1.84. The summed E-state index contributed by atoms with van der Waals surface area (Å²) in [5.41, 5.74) is 6.73. The molecule has 3 rings (SSSR count). The van der Waals surface area contributed by atoms with E-state index in [0.717, 1.165) is 29.1 Å². The quantitative estimate of drug-likeness (QED) is 0.289. The highest BCUT2D eigenvalue weighted by Crippen LogP contribution is 2.26. The summed E-state index contributed by atoms with van der Waals surface area (Å²) in [4.78, 5) is 32.9. The molecular formula is C31H43N3O7S. The first-order chi connectivity index (χ1) is 20.1. The largest absolute Gasteiger partial charge is 0.497 e. The Morgan fingerprint density at radius 2 is 1.76 bits per heavy atom. The molecule has 230 valence electrons. The molecule has 0 aromatic heterocycles. The number of nitrogens with zero attached hydrogens (tertiary/aromatic N) is 1. The minimum Gasteiger partial charge on any atom is -0.497 e. The van der Waals surface area contributed by atoms with E-state index in [2.05, 4.69) is 10.9 Å². The van der Waals surface area contributed by atoms with Gasteiger partial charge in [0.2, 0.25) is 21.8 Å². The second-order valence-electron chi connectivity index (χ2n) is 10.9. The molecule has 0 saturated carbocycles. The lowest BCUT2D eigenvalue weighted by atomic mass is 9.82. The highest BCUT2D eigenvalue weighted by molar-refractivity contribution is 7.88. The monoisotopic (exact) mass is 601 g/mol. The van der Waals surface area contributed by atoms with Crippen molar-refractivity contribution in [1.82, 2.24) is 15.3 Å². The van der Waals surface area contributed by atoms with E-state index < -0.39 is 40.0 Å². The van der Waals surface area contributed by atoms with Gasteiger partial charge in [0.25, 0.3) is 0 Å². The molecule has 2 aromatic rings. The number of methoxy groups -OCH3 is 1. The van der Waals surface area contributed by atoms with Crippen molar-refractivity contribution in [2.24, 2.45) is 17.8 Å². The summed E-state index contributed by atoms with van der Waals surface area (Å²) in [6.45, 7) is 4.37. The Kier molecular flexibility index (Phi) is 13.0. The summed E-state index contributed by atoms with van der Waals surface area (Å²) in [6.07, 6.45) is 7.32. The fourth-order valence-electron chi connectivity index (χ4n) is 4.68. The second kappa shape index (κ2) is 16.4. The van der Waals surface area contributed by atoms with Gasteiger partial charge in [-0.3, -0.25) is 15.0 Å². The predicted octanol–water partition coefficient (Wildman–Crippen LogP) is 4.44. The third-order valence-electron chi connectivity index (χ3n) is 6.93. The third kappa shape index (κ3) is 10.9. The number of carbonyl (C=O) groups excluding carboxylic acids is 2. The Labute approximate surface area is 249 Å². The van der Waals surface area contributed by atoms with E-state index >= 15 is 0 Å². The van der Waals surface area contributed by atoms with E-state index in [9.17, 15) is 18.0 Å². The second-order valence-corrected chi connectivity index (χ2v) is 12.8. The third-order valence-corrected chi connectivity index (χ3v) is 7.95. The summed E-state index contributed by atoms with van der Waals surface area (Å²) in [5.74, 6) is -2.04. The van der Waals surface area contributed by atoms with E-state index in [1.54, 1.807) is 31.4 Å². The van der Waals surface area contributed by atoms with Crippen LogP contribution < -0.4 is 15.6 Å². The minimum absolute atomic E-state index is 0.0463. The minimum atomic E-state index is -3.85. The van der Waals surface area contributed by atoms with Gasteiger partial charge in [-0.2, -0.15) is 0 Å². The van der Waals surface area contributed by atoms with Crippen LogP contribution in [0.25, 0.3) is 6.08 Å². The van der Waals surface area contributed by atoms with E-state index in [0.29, 0.717) is 30.8 Å². The van der Waals surface area contributed by atoms with Gasteiger partial charge in [-0.25, -0.2) is 18.7 Å². The van der Waals surface area contributed by atoms with Crippen LogP contribution in [-0.4, -0.2) is 50.9 Å². The van der Waals surface area contributed by atoms with Crippen LogP contribution in [0, 0.1) is 17.8 Å². The number of hydroxylamine groups is 1. The summed E-state index contributed by atoms with van der Waals surface area (Å²) in [5, 5.41) is 0. The maximum Gasteiger partial charge on any atom is 0.247 e. The van der Waals surface area contributed by atoms with Gasteiger partial charge in [-0.05, 0) is 54.9 Å². The lowest BCUT2D eigenvalue weighted by Crippen LogP contribution is -2.50. The molecule has 11 heteroatoms. The first kappa shape index (κ1) is 33.3. The van der Waals surface area contributed by atoms with Gasteiger partial charge in [-0.1, -0.05) is 68.5 Å². The fraction of sp³-hybridized carbons (Fsp3) is 0.484. The number of allylic oxidation sites excluding steroid dienone is 1. The van der Waals surface area contributed by atoms with E-state index in [1.807, 2.05) is 56.3 Å². The topological polar surface area (TPSA) is 123 Å². The Bertz CT molecular complexity index is 1260. The van der Waals surface area contributed by atoms with Gasteiger partial charge in [0.05, 0.1) is 31.7 Å². The predicted molar refractivity (Wildman–Crippen MR) is 161 cm³/mol. The van der Waals surface area contributed by atoms with Crippen LogP contribution in [0.1, 0.15) is 57.1 Å². The average Bonchev–Trinajstić information content (AvgIpc) is 2.97. The van der Waals surface area contributed by atoms with Crippen LogP contribution in [0.5, 0.6) is 5.75 Å². The molecule has 10 nitrogen and oxygen atoms in total. The Hall–Kier alpha value is -3.25. The number of nitrogens with one attached hydrogen (secondary N) is 2. The van der Waals surface area contributed by atoms with E-state index in [4.69, 9.17) is 14.3 Å². The molecule has 1 heterocycles. The van der Waals surface area contributed by atoms with Gasteiger partial charge < -0.3 is 9.47 Å². The number of hydrazine groups is 1. The molecule has 2 amide bonds. The van der Waals surface area contributed by atoms with E-state index in [1.165, 1.54) is 0 Å². The zero-order chi connectivity index (χ0) is 30.5. The van der Waals surface area contributed by atoms with Crippen molar-refractivity contribution in [3.05, 3.63) is 71.8 Å². The maximum absolute atomic E-state index is 13.8. The maximum atomic E-state index is 13.8. The summed E-state index contributed by atoms with van der Waals surface area (Å²) in [6, 6.07) is 16.5. The van der Waals surface area contributed by atoms with Gasteiger partial charge in [0, 0.05) is 13.0 Å². The zero-order valence-corrected chi connectivity index (χ0v) is 25.6. The molecule has 1 unspecified atom stereocenters. The van der Waals surface area contributed by atoms with Crippen molar-refractivity contribution in [1.29, 1.82) is 0 Å². The lowest BCUT2D eigenvalue weighted by molar-refractivity contribution is -0.203. The number of hydrogen-bond acceptors (Lipinski definition) is 7. The van der Waals surface area contributed by atoms with Gasteiger partial charge in [0.1, 0.15) is 5.75 Å². The zero-order valence-electron chi connectivity index (χ0n) is 24.8. The van der Waals surface area contributed by atoms with Crippen molar-refractivity contribution in [3.8, 4) is 5.75 Å². The number of ether oxygens (including phenoxy) is 2. The molecule has 0 radical (unpaired) electrons. The first-order valence-electron chi connectivity index (χ1n) is 14.3. The summed E-state index contributed by atoms with van der Waals surface area (Å²) in [7, 11) is -2.30. The van der Waals surface area contributed by atoms with Crippen LogP contribution in [-0.2, 0) is 35.7 Å². The number of carbonyl (C=O) groups is 2. The Morgan fingerprint density at radius 3 is 2.36 bits per heavy atom. The number of benzene rings is 2. The fourth-order valence-corrected chi connectivity index (χ4v) is 5.32. The van der Waals surface area contributed by atoms with Crippen LogP contribution in [0.2, 0.25) is 0 Å². The number of amides is 2. The van der Waals surface area contributed by atoms with Crippen LogP contribution in [0.3, 0.4) is 0 Å². The Morgan fingerprint density at radius 1 is 1.05 bits per heavy atom. The molecule has 1 aliphatic heterocycles. The smallest absolute Gasteiger partial charge is 0.247 e. The van der Waals surface area contributed by atoms with Crippen LogP contribution in [0.4, 0.5) is 0 Å². The van der Waals surface area contributed by atoms with Crippen molar-refractivity contribution in [3.63, 3.8) is 0 Å². The highest BCUT2D eigenvalue weighted by Gasteiger charge is 2.36. The molecule has 42 heavy (non-hydrogen) atoms. The average molecular weight is 602 g/mol. The first-order valence-corrected chi connectivity index (χ1v) is 16.1. The molecular weight excluding hydrogens is 558 g/mol. The van der Waals surface area contributed by atoms with Crippen LogP contribution in [0.15, 0.2) is 60.7 Å². The molecule has 0 spiro atoms. The SMILES string of the molecule is COc1ccc(CN(NC(=O)C(CC(C)C)[C@@H](CC=Cc2ccccc2)C(=O)NO[C@H]2CCCCO2)S(C)(=O)=O)cc1. The normalized spacial score (nSPS) is 17.2. The van der Waals surface area contributed by atoms with Gasteiger partial charge in [-0.15, -0.1) is 4.41 Å². The van der Waals surface area contributed by atoms with Crippen molar-refractivity contribution in [2.45, 2.75) is 58.8 Å². The van der Waals surface area contributed by atoms with E-state index in [-0.39, 0.29) is 18.9 Å². The summed E-state index contributed by atoms with van der Waals surface area (Å²) >= 11 is 0. The van der Waals surface area contributed by atoms with Crippen molar-refractivity contribution >= 4 is 27.9 Å². The molecule has 1 aliphatic rings. The van der Waals surface area contributed by atoms with Gasteiger partial charge in [0.15, 0.2) is 6.29 Å². The molecule has 0 aliphatic carbocycles. The van der Waals surface area contributed by atoms with Crippen molar-refractivity contribution in [2.75, 3.05) is 20.0 Å². The molecule has 2 aromatic carbocycles. The van der Waals surface area contributed by atoms with Crippen LogP contribution >= 0.6 is 0 Å². The molecule has 1 saturated heterocycles. The number of hydrogen-bond donors (Lipinski definition) is 2. The van der Waals surface area contributed by atoms with Crippen molar-refractivity contribution < 1.29 is 32.3 Å². The molecule has 3 atom stereocenters. The lowest BCUT2D eigenvalue weighted by Gasteiger charge is -2.30.